The maximum atomic E-state index is 12.7. The summed E-state index contributed by atoms with van der Waals surface area (Å²) in [6.07, 6.45) is 0.423. The highest BCUT2D eigenvalue weighted by Crippen LogP contribution is 2.20. The van der Waals surface area contributed by atoms with E-state index in [2.05, 4.69) is 15.6 Å². The van der Waals surface area contributed by atoms with Gasteiger partial charge in [-0.2, -0.15) is 5.10 Å². The van der Waals surface area contributed by atoms with E-state index in [4.69, 9.17) is 4.52 Å². The fourth-order valence-corrected chi connectivity index (χ4v) is 2.94. The van der Waals surface area contributed by atoms with Crippen LogP contribution in [-0.2, 0) is 4.79 Å². The molecule has 0 unspecified atom stereocenters. The van der Waals surface area contributed by atoms with Crippen LogP contribution in [0.2, 0.25) is 0 Å². The lowest BCUT2D eigenvalue weighted by atomic mass is 10.1. The van der Waals surface area contributed by atoms with Gasteiger partial charge >= 0.3 is 0 Å². The van der Waals surface area contributed by atoms with E-state index < -0.39 is 11.6 Å². The molecule has 0 bridgehead atoms. The van der Waals surface area contributed by atoms with Gasteiger partial charge in [0.25, 0.3) is 5.56 Å². The molecule has 0 aliphatic heterocycles. The number of benzene rings is 1. The van der Waals surface area contributed by atoms with Crippen LogP contribution >= 0.6 is 0 Å². The number of nitrogens with one attached hydrogen (secondary N) is 1. The first kappa shape index (κ1) is 16.9. The van der Waals surface area contributed by atoms with Crippen molar-refractivity contribution in [1.29, 1.82) is 0 Å². The molecular weight excluding hydrogens is 320 g/mol. The molecule has 7 heteroatoms. The Morgan fingerprint density at radius 1 is 1.32 bits per heavy atom. The molecule has 0 spiro atoms. The number of anilines is 1. The van der Waals surface area contributed by atoms with Gasteiger partial charge in [-0.05, 0) is 44.9 Å². The van der Waals surface area contributed by atoms with Crippen molar-refractivity contribution < 1.29 is 9.32 Å². The van der Waals surface area contributed by atoms with E-state index in [-0.39, 0.29) is 11.4 Å². The number of hydrogen-bond donors (Lipinski definition) is 1. The number of carbonyl (C=O) groups is 1. The predicted octanol–water partition coefficient (Wildman–Crippen LogP) is 2.90. The van der Waals surface area contributed by atoms with E-state index in [1.165, 1.54) is 4.68 Å². The van der Waals surface area contributed by atoms with Crippen molar-refractivity contribution in [1.82, 2.24) is 14.9 Å². The van der Waals surface area contributed by atoms with Crippen LogP contribution in [0, 0.1) is 20.8 Å². The van der Waals surface area contributed by atoms with Crippen molar-refractivity contribution in [3.63, 3.8) is 0 Å². The van der Waals surface area contributed by atoms with Crippen LogP contribution in [0.1, 0.15) is 36.4 Å². The number of fused-ring (bicyclic) bond motifs is 1. The van der Waals surface area contributed by atoms with Crippen LogP contribution in [-0.4, -0.2) is 20.8 Å². The first-order valence-electron chi connectivity index (χ1n) is 8.15. The number of carbonyl (C=O) groups excluding carboxylic acids is 1. The molecule has 1 atom stereocenters. The molecule has 7 nitrogen and oxygen atoms in total. The van der Waals surface area contributed by atoms with Crippen molar-refractivity contribution in [3.8, 4) is 0 Å². The van der Waals surface area contributed by atoms with Gasteiger partial charge in [0.1, 0.15) is 11.8 Å². The maximum absolute atomic E-state index is 12.7. The highest BCUT2D eigenvalue weighted by atomic mass is 16.5. The van der Waals surface area contributed by atoms with Gasteiger partial charge in [0.05, 0.1) is 11.1 Å². The quantitative estimate of drug-likeness (QED) is 0.788. The van der Waals surface area contributed by atoms with E-state index in [9.17, 15) is 9.59 Å². The lowest BCUT2D eigenvalue weighted by Gasteiger charge is -2.17. The SMILES string of the molecule is CC[C@@H](C(=O)Nc1cccc(C)c1)n1nc(C)c2c(C)onc2c1=O. The second-order valence-corrected chi connectivity index (χ2v) is 6.08. The summed E-state index contributed by atoms with van der Waals surface area (Å²) in [5.74, 6) is 0.253. The molecule has 0 radical (unpaired) electrons. The Hall–Kier alpha value is -2.96. The molecule has 1 aromatic carbocycles. The lowest BCUT2D eigenvalue weighted by molar-refractivity contribution is -0.119. The topological polar surface area (TPSA) is 90.0 Å². The molecule has 3 rings (SSSR count). The molecular formula is C18H20N4O3. The van der Waals surface area contributed by atoms with Crippen LogP contribution in [0.25, 0.3) is 10.9 Å². The Balaban J connectivity index is 2.01. The van der Waals surface area contributed by atoms with Crippen molar-refractivity contribution in [2.45, 2.75) is 40.2 Å². The molecule has 0 fully saturated rings. The summed E-state index contributed by atoms with van der Waals surface area (Å²) in [6.45, 7) is 7.29. The lowest BCUT2D eigenvalue weighted by Crippen LogP contribution is -2.35. The van der Waals surface area contributed by atoms with E-state index in [1.54, 1.807) is 13.8 Å². The van der Waals surface area contributed by atoms with Crippen LogP contribution in [0.5, 0.6) is 0 Å². The monoisotopic (exact) mass is 340 g/mol. The molecule has 3 aromatic rings. The summed E-state index contributed by atoms with van der Waals surface area (Å²) in [7, 11) is 0. The maximum Gasteiger partial charge on any atom is 0.297 e. The van der Waals surface area contributed by atoms with Crippen molar-refractivity contribution in [2.75, 3.05) is 5.32 Å². The number of hydrogen-bond acceptors (Lipinski definition) is 5. The molecule has 0 aliphatic rings. The molecule has 0 aliphatic carbocycles. The average Bonchev–Trinajstić information content (AvgIpc) is 2.95. The number of aromatic nitrogens is 3. The first-order chi connectivity index (χ1) is 11.9. The third-order valence-electron chi connectivity index (χ3n) is 4.16. The normalized spacial score (nSPS) is 12.3. The van der Waals surface area contributed by atoms with E-state index in [0.29, 0.717) is 28.9 Å². The molecule has 2 aromatic heterocycles. The minimum absolute atomic E-state index is 0.201. The Bertz CT molecular complexity index is 1000. The Labute approximate surface area is 144 Å². The van der Waals surface area contributed by atoms with Crippen LogP contribution in [0.3, 0.4) is 0 Å². The zero-order valence-electron chi connectivity index (χ0n) is 14.7. The fraction of sp³-hybridized carbons (Fsp3) is 0.333. The minimum Gasteiger partial charge on any atom is -0.360 e. The van der Waals surface area contributed by atoms with Crippen molar-refractivity contribution in [3.05, 3.63) is 51.6 Å². The largest absolute Gasteiger partial charge is 0.360 e. The summed E-state index contributed by atoms with van der Waals surface area (Å²) < 4.78 is 6.31. The molecule has 2 heterocycles. The summed E-state index contributed by atoms with van der Waals surface area (Å²) in [4.78, 5) is 25.4. The summed E-state index contributed by atoms with van der Waals surface area (Å²) in [6, 6.07) is 6.76. The van der Waals surface area contributed by atoms with Crippen LogP contribution in [0.4, 0.5) is 5.69 Å². The third kappa shape index (κ3) is 3.05. The van der Waals surface area contributed by atoms with Gasteiger partial charge in [-0.25, -0.2) is 4.68 Å². The predicted molar refractivity (Wildman–Crippen MR) is 94.7 cm³/mol. The van der Waals surface area contributed by atoms with Gasteiger partial charge in [0.2, 0.25) is 5.91 Å². The second kappa shape index (κ2) is 6.51. The van der Waals surface area contributed by atoms with Crippen molar-refractivity contribution in [2.24, 2.45) is 0 Å². The zero-order chi connectivity index (χ0) is 18.1. The molecule has 130 valence electrons. The molecule has 25 heavy (non-hydrogen) atoms. The number of nitrogens with zero attached hydrogens (tertiary/aromatic N) is 3. The van der Waals surface area contributed by atoms with Gasteiger partial charge in [-0.15, -0.1) is 0 Å². The van der Waals surface area contributed by atoms with E-state index >= 15 is 0 Å². The van der Waals surface area contributed by atoms with Gasteiger partial charge in [0, 0.05) is 5.69 Å². The van der Waals surface area contributed by atoms with Crippen LogP contribution < -0.4 is 10.9 Å². The van der Waals surface area contributed by atoms with Gasteiger partial charge in [0.15, 0.2) is 5.52 Å². The summed E-state index contributed by atoms with van der Waals surface area (Å²) in [5, 5.41) is 11.6. The van der Waals surface area contributed by atoms with E-state index in [1.807, 2.05) is 38.1 Å². The summed E-state index contributed by atoms with van der Waals surface area (Å²) >= 11 is 0. The molecule has 0 saturated heterocycles. The highest BCUT2D eigenvalue weighted by molar-refractivity contribution is 5.94. The molecule has 1 N–H and O–H groups in total. The van der Waals surface area contributed by atoms with Gasteiger partial charge in [-0.1, -0.05) is 24.2 Å². The van der Waals surface area contributed by atoms with Gasteiger partial charge in [-0.3, -0.25) is 9.59 Å². The molecule has 0 saturated carbocycles. The minimum atomic E-state index is -0.729. The number of amides is 1. The Morgan fingerprint density at radius 3 is 2.76 bits per heavy atom. The van der Waals surface area contributed by atoms with E-state index in [0.717, 1.165) is 5.56 Å². The standard InChI is InChI=1S/C18H20N4O3/c1-5-14(17(23)19-13-8-6-7-10(2)9-13)22-18(24)16-15(11(3)20-22)12(4)25-21-16/h6-9,14H,5H2,1-4H3,(H,19,23)/t14-/m0/s1. The average molecular weight is 340 g/mol. The Kier molecular flexibility index (Phi) is 4.39. The molecule has 1 amide bonds. The fourth-order valence-electron chi connectivity index (χ4n) is 2.94. The first-order valence-corrected chi connectivity index (χ1v) is 8.15. The number of rotatable bonds is 4. The van der Waals surface area contributed by atoms with Crippen LogP contribution in [0.15, 0.2) is 33.6 Å². The zero-order valence-corrected chi connectivity index (χ0v) is 14.7. The van der Waals surface area contributed by atoms with Gasteiger partial charge < -0.3 is 9.84 Å². The second-order valence-electron chi connectivity index (χ2n) is 6.08. The smallest absolute Gasteiger partial charge is 0.297 e. The number of aryl methyl sites for hydroxylation is 3. The Morgan fingerprint density at radius 2 is 2.08 bits per heavy atom. The van der Waals surface area contributed by atoms with Crippen molar-refractivity contribution >= 4 is 22.5 Å². The third-order valence-corrected chi connectivity index (χ3v) is 4.16. The highest BCUT2D eigenvalue weighted by Gasteiger charge is 2.24. The summed E-state index contributed by atoms with van der Waals surface area (Å²) in [5.41, 5.74) is 2.11.